The molecule has 0 fully saturated rings. The first kappa shape index (κ1) is 29.2. The van der Waals surface area contributed by atoms with E-state index in [2.05, 4.69) is 41.0 Å². The number of anilines is 2. The number of thiophene rings is 1. The van der Waals surface area contributed by atoms with Crippen molar-refractivity contribution in [3.05, 3.63) is 110 Å². The van der Waals surface area contributed by atoms with Crippen molar-refractivity contribution in [1.29, 1.82) is 5.26 Å². The third-order valence-electron chi connectivity index (χ3n) is 7.09. The second kappa shape index (κ2) is 13.1. The van der Waals surface area contributed by atoms with E-state index in [1.54, 1.807) is 18.2 Å². The molecule has 0 radical (unpaired) electrons. The van der Waals surface area contributed by atoms with Crippen LogP contribution >= 0.6 is 46.3 Å². The molecule has 1 aliphatic rings. The summed E-state index contributed by atoms with van der Waals surface area (Å²) in [7, 11) is 0. The quantitative estimate of drug-likeness (QED) is 0.193. The number of hydrogen-bond donors (Lipinski definition) is 2. The highest BCUT2D eigenvalue weighted by Gasteiger charge is 2.28. The van der Waals surface area contributed by atoms with Crippen molar-refractivity contribution in [2.75, 3.05) is 10.6 Å². The maximum atomic E-state index is 13.4. The highest BCUT2D eigenvalue weighted by atomic mass is 35.5. The molecule has 41 heavy (non-hydrogen) atoms. The van der Waals surface area contributed by atoms with Gasteiger partial charge < -0.3 is 10.6 Å². The topological polar surface area (TPSA) is 82.0 Å². The van der Waals surface area contributed by atoms with Gasteiger partial charge >= 0.3 is 0 Å². The summed E-state index contributed by atoms with van der Waals surface area (Å²) in [4.78, 5) is 28.2. The van der Waals surface area contributed by atoms with Crippen molar-refractivity contribution in [3.8, 4) is 6.07 Å². The summed E-state index contributed by atoms with van der Waals surface area (Å²) in [6, 6.07) is 24.9. The number of carbonyl (C=O) groups is 2. The lowest BCUT2D eigenvalue weighted by Crippen LogP contribution is -2.24. The number of fused-ring (bicyclic) bond motifs is 1. The van der Waals surface area contributed by atoms with Crippen LogP contribution in [0.4, 0.5) is 10.7 Å². The molecule has 9 heteroatoms. The first-order chi connectivity index (χ1) is 19.9. The zero-order valence-corrected chi connectivity index (χ0v) is 25.4. The van der Waals surface area contributed by atoms with Crippen LogP contribution in [-0.2, 0) is 17.6 Å². The number of amides is 2. The molecule has 2 atom stereocenters. The summed E-state index contributed by atoms with van der Waals surface area (Å²) in [5.74, 6) is -0.0757. The van der Waals surface area contributed by atoms with Gasteiger partial charge in [-0.1, -0.05) is 66.5 Å². The first-order valence-electron chi connectivity index (χ1n) is 13.3. The first-order valence-corrected chi connectivity index (χ1v) is 15.7. The molecule has 1 aliphatic carbocycles. The Morgan fingerprint density at radius 3 is 2.61 bits per heavy atom. The number of rotatable bonds is 8. The predicted octanol–water partition coefficient (Wildman–Crippen LogP) is 8.96. The highest BCUT2D eigenvalue weighted by Crippen LogP contribution is 2.42. The van der Waals surface area contributed by atoms with Crippen LogP contribution in [0.1, 0.15) is 57.6 Å². The number of thioether (sulfide) groups is 1. The average molecular weight is 621 g/mol. The molecule has 1 heterocycles. The molecule has 2 amide bonds. The van der Waals surface area contributed by atoms with E-state index in [4.69, 9.17) is 23.2 Å². The second-order valence-corrected chi connectivity index (χ2v) is 13.0. The number of carbonyl (C=O) groups excluding carboxylic acids is 2. The van der Waals surface area contributed by atoms with Crippen LogP contribution < -0.4 is 10.6 Å². The molecule has 2 N–H and O–H groups in total. The molecule has 0 saturated heterocycles. The number of halogens is 2. The Balaban J connectivity index is 1.27. The predicted molar refractivity (Wildman–Crippen MR) is 170 cm³/mol. The average Bonchev–Trinajstić information content (AvgIpc) is 3.32. The fraction of sp³-hybridized carbons (Fsp3) is 0.219. The van der Waals surface area contributed by atoms with E-state index in [0.29, 0.717) is 39.2 Å². The van der Waals surface area contributed by atoms with Crippen LogP contribution in [0.25, 0.3) is 0 Å². The molecule has 1 aromatic heterocycles. The minimum atomic E-state index is -0.380. The SMILES string of the molecule is CCC(Sc1cccc(NC(=O)c2ccc(Cl)cc2Cl)c1)C(=O)Nc1sc2c(c1C#N)CCC(c1ccccc1)C2. The van der Waals surface area contributed by atoms with Gasteiger partial charge in [-0.3, -0.25) is 9.59 Å². The fourth-order valence-corrected chi connectivity index (χ4v) is 7.79. The number of nitrogens with zero attached hydrogens (tertiary/aromatic N) is 1. The largest absolute Gasteiger partial charge is 0.322 e. The molecule has 4 aromatic rings. The molecule has 2 unspecified atom stereocenters. The van der Waals surface area contributed by atoms with Crippen LogP contribution in [0.2, 0.25) is 10.0 Å². The number of hydrogen-bond acceptors (Lipinski definition) is 5. The smallest absolute Gasteiger partial charge is 0.257 e. The van der Waals surface area contributed by atoms with Gasteiger partial charge in [0, 0.05) is 20.5 Å². The molecule has 0 saturated carbocycles. The molecular formula is C32H27Cl2N3O2S2. The van der Waals surface area contributed by atoms with Crippen LogP contribution in [-0.4, -0.2) is 17.1 Å². The monoisotopic (exact) mass is 619 g/mol. The van der Waals surface area contributed by atoms with Gasteiger partial charge in [0.15, 0.2) is 0 Å². The van der Waals surface area contributed by atoms with E-state index in [9.17, 15) is 14.9 Å². The maximum Gasteiger partial charge on any atom is 0.257 e. The molecule has 5 rings (SSSR count). The number of nitrogens with one attached hydrogen (secondary N) is 2. The molecule has 0 bridgehead atoms. The normalized spacial score (nSPS) is 14.9. The van der Waals surface area contributed by atoms with E-state index < -0.39 is 0 Å². The Bertz CT molecular complexity index is 1630. The van der Waals surface area contributed by atoms with Crippen LogP contribution in [0.3, 0.4) is 0 Å². The van der Waals surface area contributed by atoms with E-state index in [-0.39, 0.29) is 22.1 Å². The summed E-state index contributed by atoms with van der Waals surface area (Å²) < 4.78 is 0. The third kappa shape index (κ3) is 6.79. The third-order valence-corrected chi connectivity index (χ3v) is 10.2. The molecule has 3 aromatic carbocycles. The van der Waals surface area contributed by atoms with Crippen LogP contribution in [0.5, 0.6) is 0 Å². The molecule has 5 nitrogen and oxygen atoms in total. The van der Waals surface area contributed by atoms with Gasteiger partial charge in [-0.15, -0.1) is 23.1 Å². The maximum absolute atomic E-state index is 13.4. The Morgan fingerprint density at radius 1 is 1.07 bits per heavy atom. The van der Waals surface area contributed by atoms with E-state index >= 15 is 0 Å². The number of nitriles is 1. The zero-order valence-electron chi connectivity index (χ0n) is 22.2. The Kier molecular flexibility index (Phi) is 9.36. The Morgan fingerprint density at radius 2 is 1.88 bits per heavy atom. The van der Waals surface area contributed by atoms with Crippen molar-refractivity contribution < 1.29 is 9.59 Å². The zero-order chi connectivity index (χ0) is 28.9. The standard InChI is InChI=1S/C32H27Cl2N3O2S2/c1-2-28(40-23-10-6-9-22(17-23)36-30(38)25-14-12-21(33)16-27(25)34)31(39)37-32-26(18-35)24-13-11-20(15-29(24)41-32)19-7-4-3-5-8-19/h3-10,12,14,16-17,20,28H,2,11,13,15H2,1H3,(H,36,38)(H,37,39). The lowest BCUT2D eigenvalue weighted by atomic mass is 9.83. The van der Waals surface area contributed by atoms with E-state index in [0.717, 1.165) is 29.7 Å². The lowest BCUT2D eigenvalue weighted by molar-refractivity contribution is -0.115. The van der Waals surface area contributed by atoms with Gasteiger partial charge in [-0.2, -0.15) is 5.26 Å². The van der Waals surface area contributed by atoms with Crippen molar-refractivity contribution >= 4 is 68.8 Å². The summed E-state index contributed by atoms with van der Waals surface area (Å²) in [5, 5.41) is 16.9. The van der Waals surface area contributed by atoms with Gasteiger partial charge in [0.05, 0.1) is 21.4 Å². The molecular weight excluding hydrogens is 593 g/mol. The van der Waals surface area contributed by atoms with Crippen molar-refractivity contribution in [2.24, 2.45) is 0 Å². The summed E-state index contributed by atoms with van der Waals surface area (Å²) >= 11 is 15.1. The van der Waals surface area contributed by atoms with Gasteiger partial charge in [0.1, 0.15) is 11.1 Å². The fourth-order valence-electron chi connectivity index (χ4n) is 5.00. The summed E-state index contributed by atoms with van der Waals surface area (Å²) in [5.41, 5.74) is 3.89. The second-order valence-electron chi connectivity index (χ2n) is 9.78. The van der Waals surface area contributed by atoms with E-state index in [1.165, 1.54) is 39.6 Å². The van der Waals surface area contributed by atoms with Gasteiger partial charge in [-0.25, -0.2) is 0 Å². The minimum absolute atomic E-state index is 0.144. The van der Waals surface area contributed by atoms with Crippen LogP contribution in [0.15, 0.2) is 77.7 Å². The Labute approximate surface area is 257 Å². The van der Waals surface area contributed by atoms with Crippen molar-refractivity contribution in [2.45, 2.75) is 48.7 Å². The van der Waals surface area contributed by atoms with Crippen molar-refractivity contribution in [1.82, 2.24) is 0 Å². The summed E-state index contributed by atoms with van der Waals surface area (Å²) in [6.45, 7) is 1.96. The van der Waals surface area contributed by atoms with Gasteiger partial charge in [-0.05, 0) is 79.1 Å². The lowest BCUT2D eigenvalue weighted by Gasteiger charge is -2.22. The Hall–Kier alpha value is -3.28. The molecule has 0 aliphatic heterocycles. The van der Waals surface area contributed by atoms with Gasteiger partial charge in [0.2, 0.25) is 5.91 Å². The highest BCUT2D eigenvalue weighted by molar-refractivity contribution is 8.00. The van der Waals surface area contributed by atoms with Gasteiger partial charge in [0.25, 0.3) is 5.91 Å². The summed E-state index contributed by atoms with van der Waals surface area (Å²) in [6.07, 6.45) is 3.28. The van der Waals surface area contributed by atoms with E-state index in [1.807, 2.05) is 31.2 Å². The van der Waals surface area contributed by atoms with Crippen LogP contribution in [0, 0.1) is 11.3 Å². The number of benzene rings is 3. The molecule has 0 spiro atoms. The minimum Gasteiger partial charge on any atom is -0.322 e. The van der Waals surface area contributed by atoms with Crippen molar-refractivity contribution in [3.63, 3.8) is 0 Å². The molecule has 208 valence electrons.